The van der Waals surface area contributed by atoms with Crippen molar-refractivity contribution in [2.75, 3.05) is 5.73 Å². The Kier molecular flexibility index (Phi) is 2.99. The lowest BCUT2D eigenvalue weighted by atomic mass is 10.2. The molecular formula is C12H8N6O3. The van der Waals surface area contributed by atoms with Crippen molar-refractivity contribution in [3.05, 3.63) is 46.8 Å². The second kappa shape index (κ2) is 4.96. The van der Waals surface area contributed by atoms with Crippen LogP contribution in [0.1, 0.15) is 0 Å². The van der Waals surface area contributed by atoms with Crippen molar-refractivity contribution < 1.29 is 9.45 Å². The van der Waals surface area contributed by atoms with Crippen LogP contribution < -0.4 is 5.73 Å². The van der Waals surface area contributed by atoms with Gasteiger partial charge in [-0.2, -0.15) is 4.98 Å². The van der Waals surface area contributed by atoms with Gasteiger partial charge in [0.2, 0.25) is 5.82 Å². The zero-order valence-corrected chi connectivity index (χ0v) is 10.5. The molecule has 0 aliphatic rings. The van der Waals surface area contributed by atoms with Crippen LogP contribution in [0.15, 0.2) is 41.2 Å². The molecule has 0 saturated heterocycles. The maximum Gasteiger partial charge on any atom is 0.280 e. The van der Waals surface area contributed by atoms with E-state index in [1.807, 2.05) is 0 Å². The van der Waals surface area contributed by atoms with E-state index in [1.165, 1.54) is 24.5 Å². The quantitative estimate of drug-likeness (QED) is 0.567. The van der Waals surface area contributed by atoms with Gasteiger partial charge in [-0.15, -0.1) is 0 Å². The first-order valence-electron chi connectivity index (χ1n) is 5.81. The molecule has 3 rings (SSSR count). The van der Waals surface area contributed by atoms with Gasteiger partial charge < -0.3 is 10.3 Å². The average Bonchev–Trinajstić information content (AvgIpc) is 2.97. The van der Waals surface area contributed by atoms with Crippen LogP contribution in [0.4, 0.5) is 11.5 Å². The Balaban J connectivity index is 2.08. The minimum Gasteiger partial charge on any atom is -0.382 e. The number of nitrogen functional groups attached to an aromatic ring is 1. The van der Waals surface area contributed by atoms with Gasteiger partial charge >= 0.3 is 0 Å². The lowest BCUT2D eigenvalue weighted by Crippen LogP contribution is -1.96. The van der Waals surface area contributed by atoms with Gasteiger partial charge in [0.15, 0.2) is 11.5 Å². The molecule has 0 aliphatic heterocycles. The molecule has 21 heavy (non-hydrogen) atoms. The predicted octanol–water partition coefficient (Wildman–Crippen LogP) is 1.68. The van der Waals surface area contributed by atoms with Gasteiger partial charge in [-0.3, -0.25) is 10.1 Å². The van der Waals surface area contributed by atoms with Crippen molar-refractivity contribution in [1.82, 2.24) is 20.1 Å². The molecule has 0 saturated carbocycles. The Morgan fingerprint density at radius 3 is 2.71 bits per heavy atom. The summed E-state index contributed by atoms with van der Waals surface area (Å²) in [6.07, 6.45) is 2.86. The molecule has 0 radical (unpaired) electrons. The Morgan fingerprint density at radius 1 is 1.19 bits per heavy atom. The van der Waals surface area contributed by atoms with Crippen LogP contribution in [-0.2, 0) is 0 Å². The fraction of sp³-hybridized carbons (Fsp3) is 0. The third kappa shape index (κ3) is 2.27. The van der Waals surface area contributed by atoms with Gasteiger partial charge in [0.25, 0.3) is 11.6 Å². The molecule has 0 unspecified atom stereocenters. The lowest BCUT2D eigenvalue weighted by Gasteiger charge is -1.97. The van der Waals surface area contributed by atoms with Crippen LogP contribution in [-0.4, -0.2) is 25.0 Å². The van der Waals surface area contributed by atoms with E-state index >= 15 is 0 Å². The number of nitro groups is 1. The Hall–Kier alpha value is -3.36. The van der Waals surface area contributed by atoms with Gasteiger partial charge in [-0.05, 0) is 6.07 Å². The molecule has 0 amide bonds. The van der Waals surface area contributed by atoms with E-state index in [4.69, 9.17) is 10.3 Å². The summed E-state index contributed by atoms with van der Waals surface area (Å²) in [5.41, 5.74) is 6.04. The summed E-state index contributed by atoms with van der Waals surface area (Å²) in [5.74, 6) is 0.270. The zero-order chi connectivity index (χ0) is 14.8. The van der Waals surface area contributed by atoms with Crippen LogP contribution in [0.3, 0.4) is 0 Å². The highest BCUT2D eigenvalue weighted by Gasteiger charge is 2.21. The summed E-state index contributed by atoms with van der Waals surface area (Å²) >= 11 is 0. The largest absolute Gasteiger partial charge is 0.382 e. The van der Waals surface area contributed by atoms with Crippen LogP contribution in [0.2, 0.25) is 0 Å². The van der Waals surface area contributed by atoms with Crippen molar-refractivity contribution in [3.63, 3.8) is 0 Å². The molecule has 0 fully saturated rings. The lowest BCUT2D eigenvalue weighted by molar-refractivity contribution is -0.384. The summed E-state index contributed by atoms with van der Waals surface area (Å²) in [7, 11) is 0. The van der Waals surface area contributed by atoms with E-state index in [0.29, 0.717) is 0 Å². The van der Waals surface area contributed by atoms with E-state index in [-0.39, 0.29) is 34.5 Å². The maximum atomic E-state index is 11.0. The molecule has 2 heterocycles. The monoisotopic (exact) mass is 284 g/mol. The summed E-state index contributed by atoms with van der Waals surface area (Å²) in [6, 6.07) is 6.10. The second-order valence-corrected chi connectivity index (χ2v) is 3.99. The fourth-order valence-corrected chi connectivity index (χ4v) is 1.76. The maximum absolute atomic E-state index is 11.0. The number of nitrogens with zero attached hydrogens (tertiary/aromatic N) is 5. The van der Waals surface area contributed by atoms with E-state index in [2.05, 4.69) is 20.1 Å². The summed E-state index contributed by atoms with van der Waals surface area (Å²) in [5, 5.41) is 14.7. The van der Waals surface area contributed by atoms with Crippen LogP contribution in [0.25, 0.3) is 23.0 Å². The molecule has 9 nitrogen and oxygen atoms in total. The normalized spacial score (nSPS) is 10.5. The van der Waals surface area contributed by atoms with E-state index < -0.39 is 4.92 Å². The highest BCUT2D eigenvalue weighted by molar-refractivity contribution is 5.70. The SMILES string of the molecule is Nc1nccnc1-c1nc(-c2ccccc2[N+](=O)[O-])no1. The molecule has 9 heteroatoms. The Morgan fingerprint density at radius 2 is 1.95 bits per heavy atom. The van der Waals surface area contributed by atoms with Gasteiger partial charge in [-0.25, -0.2) is 9.97 Å². The molecule has 1 aromatic carbocycles. The van der Waals surface area contributed by atoms with Crippen molar-refractivity contribution in [1.29, 1.82) is 0 Å². The molecule has 0 atom stereocenters. The molecule has 0 spiro atoms. The van der Waals surface area contributed by atoms with Gasteiger partial charge in [0.1, 0.15) is 5.56 Å². The van der Waals surface area contributed by atoms with Crippen LogP contribution >= 0.6 is 0 Å². The first-order valence-corrected chi connectivity index (χ1v) is 5.81. The second-order valence-electron chi connectivity index (χ2n) is 3.99. The van der Waals surface area contributed by atoms with Crippen LogP contribution in [0, 0.1) is 10.1 Å². The number of hydrogen-bond donors (Lipinski definition) is 1. The van der Waals surface area contributed by atoms with E-state index in [1.54, 1.807) is 12.1 Å². The van der Waals surface area contributed by atoms with Crippen molar-refractivity contribution in [2.45, 2.75) is 0 Å². The smallest absolute Gasteiger partial charge is 0.280 e. The number of para-hydroxylation sites is 1. The molecular weight excluding hydrogens is 276 g/mol. The Labute approximate surface area is 117 Å². The summed E-state index contributed by atoms with van der Waals surface area (Å²) in [6.45, 7) is 0. The highest BCUT2D eigenvalue weighted by atomic mass is 16.6. The third-order valence-electron chi connectivity index (χ3n) is 2.70. The first kappa shape index (κ1) is 12.7. The standard InChI is InChI=1S/C12H8N6O3/c13-10-9(14-5-6-15-10)12-16-11(17-21-12)7-3-1-2-4-8(7)18(19)20/h1-6H,(H2,13,15). The van der Waals surface area contributed by atoms with Crippen LogP contribution in [0.5, 0.6) is 0 Å². The minimum atomic E-state index is -0.512. The Bertz CT molecular complexity index is 816. The average molecular weight is 284 g/mol. The van der Waals surface area contributed by atoms with Crippen molar-refractivity contribution >= 4 is 11.5 Å². The van der Waals surface area contributed by atoms with E-state index in [0.717, 1.165) is 0 Å². The van der Waals surface area contributed by atoms with Crippen molar-refractivity contribution in [3.8, 4) is 23.0 Å². The topological polar surface area (TPSA) is 134 Å². The number of aromatic nitrogens is 4. The van der Waals surface area contributed by atoms with Gasteiger partial charge in [-0.1, -0.05) is 17.3 Å². The zero-order valence-electron chi connectivity index (χ0n) is 10.5. The van der Waals surface area contributed by atoms with Gasteiger partial charge in [0, 0.05) is 18.5 Å². The number of benzene rings is 1. The first-order chi connectivity index (χ1) is 10.2. The third-order valence-corrected chi connectivity index (χ3v) is 2.70. The predicted molar refractivity (Wildman–Crippen MR) is 71.8 cm³/mol. The minimum absolute atomic E-state index is 0.0498. The van der Waals surface area contributed by atoms with E-state index in [9.17, 15) is 10.1 Å². The molecule has 2 N–H and O–H groups in total. The summed E-state index contributed by atoms with van der Waals surface area (Å²) < 4.78 is 5.05. The number of anilines is 1. The number of hydrogen-bond acceptors (Lipinski definition) is 8. The molecule has 2 aromatic heterocycles. The number of nitro benzene ring substituents is 1. The highest BCUT2D eigenvalue weighted by Crippen LogP contribution is 2.29. The molecule has 3 aromatic rings. The van der Waals surface area contributed by atoms with Crippen molar-refractivity contribution in [2.24, 2.45) is 0 Å². The summed E-state index contributed by atoms with van der Waals surface area (Å²) in [4.78, 5) is 22.4. The number of rotatable bonds is 3. The molecule has 0 aliphatic carbocycles. The molecule has 0 bridgehead atoms. The fourth-order valence-electron chi connectivity index (χ4n) is 1.76. The van der Waals surface area contributed by atoms with Gasteiger partial charge in [0.05, 0.1) is 4.92 Å². The molecule has 104 valence electrons. The number of nitrogens with two attached hydrogens (primary N) is 1.